The molecule has 0 amide bonds. The molecular formula is C30H29F7N4O. The number of fused-ring (bicyclic) bond motifs is 1. The average Bonchev–Trinajstić information content (AvgIpc) is 3.11. The molecule has 1 fully saturated rings. The van der Waals surface area contributed by atoms with Crippen molar-refractivity contribution in [3.63, 3.8) is 0 Å². The van der Waals surface area contributed by atoms with Gasteiger partial charge in [0.25, 0.3) is 0 Å². The molecule has 1 aliphatic heterocycles. The highest BCUT2D eigenvalue weighted by atomic mass is 19.4. The van der Waals surface area contributed by atoms with Crippen molar-refractivity contribution in [3.05, 3.63) is 94.6 Å². The maximum Gasteiger partial charge on any atom is 0.416 e. The molecule has 42 heavy (non-hydrogen) atoms. The van der Waals surface area contributed by atoms with E-state index in [9.17, 15) is 30.7 Å². The first-order valence-corrected chi connectivity index (χ1v) is 13.4. The summed E-state index contributed by atoms with van der Waals surface area (Å²) in [6.07, 6.45) is -9.07. The molecular weight excluding hydrogens is 565 g/mol. The van der Waals surface area contributed by atoms with E-state index in [0.29, 0.717) is 60.9 Å². The fourth-order valence-corrected chi connectivity index (χ4v) is 5.30. The zero-order valence-electron chi connectivity index (χ0n) is 22.8. The lowest BCUT2D eigenvalue weighted by atomic mass is 10.0. The lowest BCUT2D eigenvalue weighted by Gasteiger charge is -2.22. The normalized spacial score (nSPS) is 15.7. The summed E-state index contributed by atoms with van der Waals surface area (Å²) in [5.74, 6) is 0.799. The van der Waals surface area contributed by atoms with Crippen molar-refractivity contribution in [2.75, 3.05) is 33.3 Å². The number of hydrogen-bond acceptors (Lipinski definition) is 4. The average molecular weight is 595 g/mol. The number of halogens is 7. The standard InChI is InChI=1S/C30H29F7N4O/c1-42-24-7-8-25(31)21(15-24)18-39-9-4-10-40(12-11-39)19-28-38-26-5-2-3-6-27(26)41(28)17-20-13-22(29(32,33)34)16-23(14-20)30(35,36)37/h2-3,5-8,13-16H,4,9-12,17-19H2,1H3. The van der Waals surface area contributed by atoms with Gasteiger partial charge in [-0.2, -0.15) is 26.3 Å². The SMILES string of the molecule is COc1ccc(F)c(CN2CCCN(Cc3nc4ccccc4n3Cc3cc(C(F)(F)F)cc(C(F)(F)F)c3)CC2)c1. The zero-order valence-corrected chi connectivity index (χ0v) is 22.8. The van der Waals surface area contributed by atoms with Crippen LogP contribution in [0.5, 0.6) is 5.75 Å². The molecule has 1 aliphatic rings. The van der Waals surface area contributed by atoms with Gasteiger partial charge in [-0.1, -0.05) is 12.1 Å². The highest BCUT2D eigenvalue weighted by molar-refractivity contribution is 5.76. The third-order valence-corrected chi connectivity index (χ3v) is 7.41. The van der Waals surface area contributed by atoms with Crippen molar-refractivity contribution in [2.45, 2.75) is 38.4 Å². The molecule has 0 saturated carbocycles. The Balaban J connectivity index is 1.38. The summed E-state index contributed by atoms with van der Waals surface area (Å²) in [6.45, 7) is 3.23. The summed E-state index contributed by atoms with van der Waals surface area (Å²) < 4.78 is 102. The largest absolute Gasteiger partial charge is 0.497 e. The van der Waals surface area contributed by atoms with E-state index in [4.69, 9.17) is 9.72 Å². The van der Waals surface area contributed by atoms with Gasteiger partial charge in [-0.3, -0.25) is 9.80 Å². The molecule has 1 saturated heterocycles. The Hall–Kier alpha value is -3.64. The van der Waals surface area contributed by atoms with Crippen LogP contribution in [-0.4, -0.2) is 52.6 Å². The molecule has 0 N–H and O–H groups in total. The van der Waals surface area contributed by atoms with Gasteiger partial charge >= 0.3 is 12.4 Å². The predicted molar refractivity (Wildman–Crippen MR) is 143 cm³/mol. The minimum atomic E-state index is -4.93. The lowest BCUT2D eigenvalue weighted by Crippen LogP contribution is -2.31. The van der Waals surface area contributed by atoms with Gasteiger partial charge in [-0.25, -0.2) is 9.37 Å². The van der Waals surface area contributed by atoms with E-state index in [1.807, 2.05) is 0 Å². The van der Waals surface area contributed by atoms with E-state index < -0.39 is 23.5 Å². The summed E-state index contributed by atoms with van der Waals surface area (Å²) in [6, 6.07) is 13.3. The molecule has 3 aromatic carbocycles. The minimum Gasteiger partial charge on any atom is -0.497 e. The molecule has 0 atom stereocenters. The Labute approximate surface area is 238 Å². The Morgan fingerprint density at radius 2 is 1.40 bits per heavy atom. The number of methoxy groups -OCH3 is 1. The van der Waals surface area contributed by atoms with Crippen LogP contribution in [0.1, 0.15) is 34.5 Å². The summed E-state index contributed by atoms with van der Waals surface area (Å²) in [7, 11) is 1.52. The molecule has 0 radical (unpaired) electrons. The predicted octanol–water partition coefficient (Wildman–Crippen LogP) is 6.98. The number of ether oxygens (including phenoxy) is 1. The van der Waals surface area contributed by atoms with Gasteiger partial charge in [0, 0.05) is 31.7 Å². The van der Waals surface area contributed by atoms with Crippen molar-refractivity contribution in [1.29, 1.82) is 0 Å². The van der Waals surface area contributed by atoms with Crippen LogP contribution in [0.25, 0.3) is 11.0 Å². The molecule has 0 spiro atoms. The number of alkyl halides is 6. The quantitative estimate of drug-likeness (QED) is 0.216. The summed E-state index contributed by atoms with van der Waals surface area (Å²) in [5, 5.41) is 0. The van der Waals surface area contributed by atoms with E-state index in [1.54, 1.807) is 41.0 Å². The van der Waals surface area contributed by atoms with Gasteiger partial charge in [0.2, 0.25) is 0 Å². The minimum absolute atomic E-state index is 0.121. The molecule has 5 rings (SSSR count). The van der Waals surface area contributed by atoms with E-state index in [1.165, 1.54) is 13.2 Å². The second-order valence-corrected chi connectivity index (χ2v) is 10.4. The summed E-state index contributed by atoms with van der Waals surface area (Å²) >= 11 is 0. The molecule has 1 aromatic heterocycles. The van der Waals surface area contributed by atoms with Crippen LogP contribution in [0, 0.1) is 5.82 Å². The van der Waals surface area contributed by atoms with Gasteiger partial charge in [-0.05, 0) is 73.6 Å². The highest BCUT2D eigenvalue weighted by Crippen LogP contribution is 2.37. The van der Waals surface area contributed by atoms with Crippen LogP contribution < -0.4 is 4.74 Å². The topological polar surface area (TPSA) is 33.5 Å². The van der Waals surface area contributed by atoms with Crippen molar-refractivity contribution in [1.82, 2.24) is 19.4 Å². The van der Waals surface area contributed by atoms with Gasteiger partial charge in [0.1, 0.15) is 17.4 Å². The second kappa shape index (κ2) is 11.9. The fourth-order valence-electron chi connectivity index (χ4n) is 5.30. The maximum absolute atomic E-state index is 14.4. The van der Waals surface area contributed by atoms with Crippen LogP contribution in [0.2, 0.25) is 0 Å². The number of para-hydroxylation sites is 2. The van der Waals surface area contributed by atoms with Crippen LogP contribution in [0.4, 0.5) is 30.7 Å². The van der Waals surface area contributed by atoms with Crippen LogP contribution in [-0.2, 0) is 32.0 Å². The number of hydrogen-bond donors (Lipinski definition) is 0. The van der Waals surface area contributed by atoms with Crippen LogP contribution in [0.3, 0.4) is 0 Å². The molecule has 224 valence electrons. The second-order valence-electron chi connectivity index (χ2n) is 10.4. The third kappa shape index (κ3) is 6.87. The van der Waals surface area contributed by atoms with Crippen LogP contribution in [0.15, 0.2) is 60.7 Å². The Morgan fingerprint density at radius 3 is 2.05 bits per heavy atom. The Kier molecular flexibility index (Phi) is 8.47. The van der Waals surface area contributed by atoms with Crippen molar-refractivity contribution >= 4 is 11.0 Å². The first-order chi connectivity index (χ1) is 19.9. The fraction of sp³-hybridized carbons (Fsp3) is 0.367. The smallest absolute Gasteiger partial charge is 0.416 e. The van der Waals surface area contributed by atoms with Gasteiger partial charge in [0.15, 0.2) is 0 Å². The number of benzene rings is 3. The first-order valence-electron chi connectivity index (χ1n) is 13.4. The third-order valence-electron chi connectivity index (χ3n) is 7.41. The van der Waals surface area contributed by atoms with E-state index in [-0.39, 0.29) is 24.0 Å². The molecule has 0 aliphatic carbocycles. The zero-order chi connectivity index (χ0) is 30.1. The van der Waals surface area contributed by atoms with Gasteiger partial charge in [-0.15, -0.1) is 0 Å². The van der Waals surface area contributed by atoms with E-state index in [0.717, 1.165) is 25.1 Å². The Bertz CT molecular complexity index is 1510. The Morgan fingerprint density at radius 1 is 0.762 bits per heavy atom. The molecule has 0 unspecified atom stereocenters. The van der Waals surface area contributed by atoms with Gasteiger partial charge in [0.05, 0.1) is 35.8 Å². The van der Waals surface area contributed by atoms with E-state index >= 15 is 0 Å². The molecule has 5 nitrogen and oxygen atoms in total. The highest BCUT2D eigenvalue weighted by Gasteiger charge is 2.37. The molecule has 0 bridgehead atoms. The van der Waals surface area contributed by atoms with Crippen molar-refractivity contribution < 1.29 is 35.5 Å². The molecule has 4 aromatic rings. The van der Waals surface area contributed by atoms with Crippen molar-refractivity contribution in [2.24, 2.45) is 0 Å². The maximum atomic E-state index is 14.4. The monoisotopic (exact) mass is 594 g/mol. The number of aromatic nitrogens is 2. The van der Waals surface area contributed by atoms with Crippen LogP contribution >= 0.6 is 0 Å². The first kappa shape index (κ1) is 29.8. The van der Waals surface area contributed by atoms with E-state index in [2.05, 4.69) is 9.80 Å². The summed E-state index contributed by atoms with van der Waals surface area (Å²) in [4.78, 5) is 8.98. The molecule has 2 heterocycles. The number of nitrogens with zero attached hydrogens (tertiary/aromatic N) is 4. The number of imidazole rings is 1. The lowest BCUT2D eigenvalue weighted by molar-refractivity contribution is -0.143. The number of rotatable bonds is 7. The van der Waals surface area contributed by atoms with Gasteiger partial charge < -0.3 is 9.30 Å². The summed E-state index contributed by atoms with van der Waals surface area (Å²) in [5.41, 5.74) is -1.08. The molecule has 12 heteroatoms. The van der Waals surface area contributed by atoms with Crippen molar-refractivity contribution in [3.8, 4) is 5.75 Å².